The second kappa shape index (κ2) is 5.88. The van der Waals surface area contributed by atoms with Crippen LogP contribution in [0.15, 0.2) is 91.3 Å². The Balaban J connectivity index is 1.65. The fourth-order valence-electron chi connectivity index (χ4n) is 4.51. The first-order valence-corrected chi connectivity index (χ1v) is 10.7. The molecule has 0 N–H and O–H groups in total. The summed E-state index contributed by atoms with van der Waals surface area (Å²) in [4.78, 5) is 9.46. The first-order valence-electron chi connectivity index (χ1n) is 9.92. The van der Waals surface area contributed by atoms with E-state index < -0.39 is 0 Å². The third-order valence-electron chi connectivity index (χ3n) is 5.85. The van der Waals surface area contributed by atoms with Gasteiger partial charge in [0.2, 0.25) is 0 Å². The maximum Gasteiger partial charge on any atom is 0.0963 e. The molecule has 0 saturated carbocycles. The molecule has 4 heteroatoms. The second-order valence-corrected chi connectivity index (χ2v) is 8.64. The van der Waals surface area contributed by atoms with Crippen LogP contribution in [0.25, 0.3) is 58.7 Å². The molecule has 30 heavy (non-hydrogen) atoms. The van der Waals surface area contributed by atoms with Gasteiger partial charge in [0.15, 0.2) is 0 Å². The molecule has 0 amide bonds. The van der Waals surface area contributed by atoms with E-state index in [0.29, 0.717) is 0 Å². The predicted octanol–water partition coefficient (Wildman–Crippen LogP) is 7.09. The number of hydrogen-bond donors (Lipinski definition) is 0. The lowest BCUT2D eigenvalue weighted by Gasteiger charge is -2.08. The molecule has 4 heterocycles. The summed E-state index contributed by atoms with van der Waals surface area (Å²) in [5, 5.41) is 4.92. The summed E-state index contributed by atoms with van der Waals surface area (Å²) in [6.45, 7) is 0. The lowest BCUT2D eigenvalue weighted by molar-refractivity contribution is 1.16. The number of rotatable bonds is 1. The number of pyridine rings is 2. The summed E-state index contributed by atoms with van der Waals surface area (Å²) in [6.07, 6.45) is 3.84. The smallest absolute Gasteiger partial charge is 0.0963 e. The highest BCUT2D eigenvalue weighted by molar-refractivity contribution is 7.25. The lowest BCUT2D eigenvalue weighted by Crippen LogP contribution is -1.95. The second-order valence-electron chi connectivity index (χ2n) is 7.56. The summed E-state index contributed by atoms with van der Waals surface area (Å²) in [6, 6.07) is 27.8. The Morgan fingerprint density at radius 3 is 2.57 bits per heavy atom. The van der Waals surface area contributed by atoms with E-state index in [1.807, 2.05) is 41.9 Å². The Labute approximate surface area is 175 Å². The molecule has 0 spiro atoms. The van der Waals surface area contributed by atoms with Gasteiger partial charge in [0.05, 0.1) is 34.0 Å². The van der Waals surface area contributed by atoms with E-state index in [2.05, 4.69) is 65.2 Å². The van der Waals surface area contributed by atoms with Crippen molar-refractivity contribution < 1.29 is 0 Å². The van der Waals surface area contributed by atoms with Gasteiger partial charge in [-0.15, -0.1) is 11.3 Å². The Morgan fingerprint density at radius 2 is 1.57 bits per heavy atom. The van der Waals surface area contributed by atoms with Crippen molar-refractivity contribution in [2.45, 2.75) is 0 Å². The summed E-state index contributed by atoms with van der Waals surface area (Å²) in [5.74, 6) is 0. The highest BCUT2D eigenvalue weighted by Gasteiger charge is 2.16. The van der Waals surface area contributed by atoms with Crippen molar-refractivity contribution >= 4 is 64.3 Å². The Kier molecular flexibility index (Phi) is 3.15. The van der Waals surface area contributed by atoms with E-state index in [4.69, 9.17) is 9.97 Å². The minimum Gasteiger partial charge on any atom is -0.306 e. The molecule has 7 aromatic rings. The first kappa shape index (κ1) is 16.1. The van der Waals surface area contributed by atoms with Crippen LogP contribution in [0.1, 0.15) is 0 Å². The number of fused-ring (bicyclic) bond motifs is 7. The van der Waals surface area contributed by atoms with Crippen molar-refractivity contribution in [2.75, 3.05) is 0 Å². The van der Waals surface area contributed by atoms with E-state index >= 15 is 0 Å². The van der Waals surface area contributed by atoms with E-state index in [1.54, 1.807) is 0 Å². The molecule has 0 aliphatic rings. The third-order valence-corrected chi connectivity index (χ3v) is 6.99. The monoisotopic (exact) mass is 401 g/mol. The van der Waals surface area contributed by atoms with E-state index in [1.165, 1.54) is 31.1 Å². The van der Waals surface area contributed by atoms with Crippen LogP contribution in [0.3, 0.4) is 0 Å². The molecular formula is C26H15N3S. The topological polar surface area (TPSA) is 30.7 Å². The summed E-state index contributed by atoms with van der Waals surface area (Å²) < 4.78 is 4.90. The number of nitrogens with zero attached hydrogens (tertiary/aromatic N) is 3. The fourth-order valence-corrected chi connectivity index (χ4v) is 5.63. The van der Waals surface area contributed by atoms with Gasteiger partial charge in [-0.3, -0.25) is 9.97 Å². The first-order chi connectivity index (χ1) is 14.9. The van der Waals surface area contributed by atoms with Crippen LogP contribution in [-0.2, 0) is 0 Å². The summed E-state index contributed by atoms with van der Waals surface area (Å²) in [7, 11) is 0. The molecule has 7 rings (SSSR count). The number of hydrogen-bond acceptors (Lipinski definition) is 3. The molecule has 3 nitrogen and oxygen atoms in total. The molecule has 0 radical (unpaired) electrons. The van der Waals surface area contributed by atoms with Crippen molar-refractivity contribution in [1.82, 2.24) is 14.5 Å². The molecule has 0 atom stereocenters. The lowest BCUT2D eigenvalue weighted by atomic mass is 10.1. The van der Waals surface area contributed by atoms with Crippen molar-refractivity contribution in [3.05, 3.63) is 91.3 Å². The van der Waals surface area contributed by atoms with Crippen molar-refractivity contribution in [1.29, 1.82) is 0 Å². The molecule has 0 fully saturated rings. The van der Waals surface area contributed by atoms with Gasteiger partial charge in [-0.05, 0) is 42.5 Å². The fraction of sp³-hybridized carbons (Fsp3) is 0. The van der Waals surface area contributed by atoms with E-state index in [-0.39, 0.29) is 0 Å². The highest BCUT2D eigenvalue weighted by atomic mass is 32.1. The van der Waals surface area contributed by atoms with Crippen LogP contribution >= 0.6 is 11.3 Å². The number of benzene rings is 3. The number of thiophene rings is 1. The maximum atomic E-state index is 4.75. The van der Waals surface area contributed by atoms with E-state index in [9.17, 15) is 0 Å². The molecule has 0 unspecified atom stereocenters. The Hall–Kier alpha value is -3.76. The summed E-state index contributed by atoms with van der Waals surface area (Å²) in [5.41, 5.74) is 5.36. The van der Waals surface area contributed by atoms with Crippen LogP contribution in [-0.4, -0.2) is 14.5 Å². The van der Waals surface area contributed by atoms with Gasteiger partial charge in [0.1, 0.15) is 0 Å². The molecule has 0 saturated heterocycles. The van der Waals surface area contributed by atoms with Crippen molar-refractivity contribution in [2.24, 2.45) is 0 Å². The van der Waals surface area contributed by atoms with Gasteiger partial charge in [-0.2, -0.15) is 0 Å². The average Bonchev–Trinajstić information content (AvgIpc) is 3.32. The Bertz CT molecular complexity index is 1760. The van der Waals surface area contributed by atoms with Crippen LogP contribution in [0.5, 0.6) is 0 Å². The zero-order chi connectivity index (χ0) is 19.7. The zero-order valence-corrected chi connectivity index (χ0v) is 16.7. The molecular weight excluding hydrogens is 386 g/mol. The average molecular weight is 401 g/mol. The Morgan fingerprint density at radius 1 is 0.667 bits per heavy atom. The standard InChI is InChI=1S/C26H15N3S/c1-3-8-21-16(6-1)12-17(15-28-21)29-22-9-5-11-27-26(22)20-13-19-18-7-2-4-10-24(18)30-25(19)14-23(20)29/h1-15H. The van der Waals surface area contributed by atoms with E-state index in [0.717, 1.165) is 27.6 Å². The normalized spacial score (nSPS) is 12.0. The third kappa shape index (κ3) is 2.14. The largest absolute Gasteiger partial charge is 0.306 e. The molecule has 4 aromatic heterocycles. The predicted molar refractivity (Wildman–Crippen MR) is 127 cm³/mol. The zero-order valence-electron chi connectivity index (χ0n) is 15.9. The van der Waals surface area contributed by atoms with Crippen LogP contribution in [0.2, 0.25) is 0 Å². The number of para-hydroxylation sites is 1. The highest BCUT2D eigenvalue weighted by Crippen LogP contribution is 2.40. The van der Waals surface area contributed by atoms with Crippen LogP contribution in [0.4, 0.5) is 0 Å². The van der Waals surface area contributed by atoms with Crippen LogP contribution in [0, 0.1) is 0 Å². The molecule has 0 aliphatic carbocycles. The SMILES string of the molecule is c1ccc2ncc(-n3c4cc5sc6ccccc6c5cc4c4ncccc43)cc2c1. The minimum atomic E-state index is 1.01. The van der Waals surface area contributed by atoms with Gasteiger partial charge in [-0.25, -0.2) is 0 Å². The van der Waals surface area contributed by atoms with Crippen molar-refractivity contribution in [3.8, 4) is 5.69 Å². The van der Waals surface area contributed by atoms with Gasteiger partial charge in [-0.1, -0.05) is 36.4 Å². The quantitative estimate of drug-likeness (QED) is 0.294. The minimum absolute atomic E-state index is 1.01. The van der Waals surface area contributed by atoms with Crippen LogP contribution < -0.4 is 0 Å². The van der Waals surface area contributed by atoms with Gasteiger partial charge in [0.25, 0.3) is 0 Å². The molecule has 3 aromatic carbocycles. The van der Waals surface area contributed by atoms with Gasteiger partial charge < -0.3 is 4.57 Å². The van der Waals surface area contributed by atoms with Crippen molar-refractivity contribution in [3.63, 3.8) is 0 Å². The molecule has 140 valence electrons. The van der Waals surface area contributed by atoms with Gasteiger partial charge in [0, 0.05) is 37.1 Å². The van der Waals surface area contributed by atoms with Gasteiger partial charge >= 0.3 is 0 Å². The molecule has 0 aliphatic heterocycles. The number of aromatic nitrogens is 3. The summed E-state index contributed by atoms with van der Waals surface area (Å²) >= 11 is 1.84. The molecule has 0 bridgehead atoms. The maximum absolute atomic E-state index is 4.75.